The summed E-state index contributed by atoms with van der Waals surface area (Å²) in [7, 11) is 0. The molecule has 1 aliphatic rings. The van der Waals surface area contributed by atoms with Crippen molar-refractivity contribution < 1.29 is 19.7 Å². The number of aliphatic hydroxyl groups excluding tert-OH is 2. The van der Waals surface area contributed by atoms with E-state index >= 15 is 0 Å². The molecule has 8 nitrogen and oxygen atoms in total. The normalized spacial score (nSPS) is 14.0. The van der Waals surface area contributed by atoms with Gasteiger partial charge in [-0.3, -0.25) is 4.90 Å². The highest BCUT2D eigenvalue weighted by atomic mass is 16.5. The molecule has 0 radical (unpaired) electrons. The minimum Gasteiger partial charge on any atom is -0.489 e. The van der Waals surface area contributed by atoms with E-state index in [9.17, 15) is 15.0 Å². The molecule has 0 aromatic heterocycles. The molecule has 8 heteroatoms. The van der Waals surface area contributed by atoms with Crippen LogP contribution in [0, 0.1) is 0 Å². The third-order valence-electron chi connectivity index (χ3n) is 11.2. The largest absolute Gasteiger partial charge is 0.489 e. The number of hydrogen-bond acceptors (Lipinski definition) is 6. The van der Waals surface area contributed by atoms with Crippen molar-refractivity contribution in [2.75, 3.05) is 38.0 Å². The van der Waals surface area contributed by atoms with Gasteiger partial charge >= 0.3 is 6.03 Å². The molecule has 306 valence electrons. The molecule has 6 rings (SSSR count). The van der Waals surface area contributed by atoms with Crippen LogP contribution >= 0.6 is 0 Å². The van der Waals surface area contributed by atoms with Crippen molar-refractivity contribution in [1.82, 2.24) is 15.1 Å². The Kier molecular flexibility index (Phi) is 17.2. The third kappa shape index (κ3) is 13.8. The molecule has 4 N–H and O–H groups in total. The summed E-state index contributed by atoms with van der Waals surface area (Å²) in [6.45, 7) is 5.68. The van der Waals surface area contributed by atoms with E-state index in [-0.39, 0.29) is 18.7 Å². The number of amides is 2. The van der Waals surface area contributed by atoms with E-state index in [0.717, 1.165) is 79.9 Å². The fraction of sp³-hybridized carbons (Fsp3) is 0.380. The van der Waals surface area contributed by atoms with Gasteiger partial charge in [-0.1, -0.05) is 147 Å². The van der Waals surface area contributed by atoms with Crippen molar-refractivity contribution in [2.24, 2.45) is 0 Å². The summed E-state index contributed by atoms with van der Waals surface area (Å²) in [5, 5.41) is 27.8. The molecule has 1 unspecified atom stereocenters. The second-order valence-electron chi connectivity index (χ2n) is 15.6. The standard InChI is InChI=1S/C50H62N4O4/c55-38-44-35-43(27-28-49(44)58-39-41-21-11-7-12-22-41)48(56)37-54(36-40-19-9-6-10-20-40)32-18-5-3-1-2-4-17-31-53-33-29-45(30-34-53)51-50(57)52-47-26-16-15-25-46(47)42-23-13-8-14-24-42/h6-16,19-28,35,45,48,55-56H,1-5,17-18,29-34,36-39H2,(H2,51,52,57). The average Bonchev–Trinajstić information content (AvgIpc) is 3.26. The highest BCUT2D eigenvalue weighted by molar-refractivity contribution is 5.94. The maximum atomic E-state index is 12.9. The number of urea groups is 1. The molecule has 5 aromatic rings. The maximum Gasteiger partial charge on any atom is 0.319 e. The zero-order valence-corrected chi connectivity index (χ0v) is 34.0. The quantitative estimate of drug-likeness (QED) is 0.0522. The van der Waals surface area contributed by atoms with Gasteiger partial charge in [-0.15, -0.1) is 0 Å². The zero-order valence-electron chi connectivity index (χ0n) is 34.0. The Balaban J connectivity index is 0.849. The van der Waals surface area contributed by atoms with Gasteiger partial charge in [0.05, 0.1) is 18.4 Å². The van der Waals surface area contributed by atoms with E-state index in [4.69, 9.17) is 4.74 Å². The number of rotatable bonds is 22. The van der Waals surface area contributed by atoms with E-state index in [0.29, 0.717) is 24.5 Å². The number of nitrogens with one attached hydrogen (secondary N) is 2. The lowest BCUT2D eigenvalue weighted by atomic mass is 10.0. The van der Waals surface area contributed by atoms with Gasteiger partial charge < -0.3 is 30.5 Å². The lowest BCUT2D eigenvalue weighted by molar-refractivity contribution is 0.107. The lowest BCUT2D eigenvalue weighted by Gasteiger charge is -2.32. The van der Waals surface area contributed by atoms with Crippen LogP contribution in [0.15, 0.2) is 133 Å². The van der Waals surface area contributed by atoms with Gasteiger partial charge in [0.1, 0.15) is 12.4 Å². The maximum absolute atomic E-state index is 12.9. The Morgan fingerprint density at radius 3 is 2.07 bits per heavy atom. The molecule has 5 aromatic carbocycles. The summed E-state index contributed by atoms with van der Waals surface area (Å²) in [4.78, 5) is 17.8. The number of carbonyl (C=O) groups is 1. The number of aliphatic hydroxyl groups is 2. The van der Waals surface area contributed by atoms with Crippen molar-refractivity contribution in [1.29, 1.82) is 0 Å². The number of hydrogen-bond donors (Lipinski definition) is 4. The van der Waals surface area contributed by atoms with Gasteiger partial charge in [0.15, 0.2) is 0 Å². The van der Waals surface area contributed by atoms with E-state index in [1.807, 2.05) is 97.1 Å². The summed E-state index contributed by atoms with van der Waals surface area (Å²) < 4.78 is 6.02. The molecule has 2 amide bonds. The molecule has 0 bridgehead atoms. The number of anilines is 1. The zero-order chi connectivity index (χ0) is 40.2. The second kappa shape index (κ2) is 23.4. The van der Waals surface area contributed by atoms with Gasteiger partial charge in [-0.05, 0) is 79.2 Å². The molecule has 0 aliphatic carbocycles. The van der Waals surface area contributed by atoms with Gasteiger partial charge in [-0.2, -0.15) is 0 Å². The Labute approximate surface area is 345 Å². The van der Waals surface area contributed by atoms with Gasteiger partial charge in [0.2, 0.25) is 0 Å². The van der Waals surface area contributed by atoms with Crippen LogP contribution in [-0.2, 0) is 19.8 Å². The molecule has 1 atom stereocenters. The number of para-hydroxylation sites is 1. The van der Waals surface area contributed by atoms with Crippen LogP contribution in [-0.4, -0.2) is 64.8 Å². The lowest BCUT2D eigenvalue weighted by Crippen LogP contribution is -2.46. The third-order valence-corrected chi connectivity index (χ3v) is 11.2. The predicted molar refractivity (Wildman–Crippen MR) is 236 cm³/mol. The van der Waals surface area contributed by atoms with Crippen LogP contribution in [0.3, 0.4) is 0 Å². The molecule has 0 saturated carbocycles. The van der Waals surface area contributed by atoms with Crippen molar-refractivity contribution in [2.45, 2.75) is 89.7 Å². The average molecular weight is 783 g/mol. The Morgan fingerprint density at radius 1 is 0.741 bits per heavy atom. The minimum atomic E-state index is -0.674. The number of nitrogens with zero attached hydrogens (tertiary/aromatic N) is 2. The number of piperidine rings is 1. The van der Waals surface area contributed by atoms with Crippen molar-refractivity contribution in [3.05, 3.63) is 156 Å². The van der Waals surface area contributed by atoms with E-state index < -0.39 is 6.10 Å². The first-order valence-electron chi connectivity index (χ1n) is 21.3. The smallest absolute Gasteiger partial charge is 0.319 e. The van der Waals surface area contributed by atoms with Crippen LogP contribution < -0.4 is 15.4 Å². The second-order valence-corrected chi connectivity index (χ2v) is 15.6. The van der Waals surface area contributed by atoms with E-state index in [2.05, 4.69) is 56.8 Å². The highest BCUT2D eigenvalue weighted by Gasteiger charge is 2.21. The summed E-state index contributed by atoms with van der Waals surface area (Å²) in [5.74, 6) is 0.640. The number of benzene rings is 5. The first-order chi connectivity index (χ1) is 28.5. The predicted octanol–water partition coefficient (Wildman–Crippen LogP) is 9.98. The van der Waals surface area contributed by atoms with Crippen molar-refractivity contribution in [3.63, 3.8) is 0 Å². The molecule has 1 aliphatic heterocycles. The van der Waals surface area contributed by atoms with E-state index in [1.54, 1.807) is 0 Å². The Bertz CT molecular complexity index is 1920. The Morgan fingerprint density at radius 2 is 1.36 bits per heavy atom. The summed E-state index contributed by atoms with van der Waals surface area (Å²) >= 11 is 0. The van der Waals surface area contributed by atoms with Crippen LogP contribution in [0.5, 0.6) is 5.75 Å². The van der Waals surface area contributed by atoms with Crippen molar-refractivity contribution in [3.8, 4) is 16.9 Å². The number of likely N-dealkylation sites (tertiary alicyclic amines) is 1. The summed E-state index contributed by atoms with van der Waals surface area (Å²) in [6.07, 6.45) is 9.75. The molecule has 58 heavy (non-hydrogen) atoms. The van der Waals surface area contributed by atoms with Crippen LogP contribution in [0.25, 0.3) is 11.1 Å². The van der Waals surface area contributed by atoms with Gasteiger partial charge in [-0.25, -0.2) is 4.79 Å². The van der Waals surface area contributed by atoms with Crippen LogP contribution in [0.4, 0.5) is 10.5 Å². The fourth-order valence-corrected chi connectivity index (χ4v) is 7.89. The summed E-state index contributed by atoms with van der Waals surface area (Å²) in [6, 6.07) is 44.3. The first kappa shape index (κ1) is 42.6. The molecule has 1 fully saturated rings. The Hall–Kier alpha value is -4.99. The fourth-order valence-electron chi connectivity index (χ4n) is 7.89. The monoisotopic (exact) mass is 782 g/mol. The number of unbranched alkanes of at least 4 members (excludes halogenated alkanes) is 6. The molecule has 1 heterocycles. The van der Waals surface area contributed by atoms with Crippen molar-refractivity contribution >= 4 is 11.7 Å². The number of carbonyl (C=O) groups excluding carboxylic acids is 1. The van der Waals surface area contributed by atoms with Gasteiger partial charge in [0, 0.05) is 43.3 Å². The topological polar surface area (TPSA) is 97.3 Å². The minimum absolute atomic E-state index is 0.132. The van der Waals surface area contributed by atoms with Crippen LogP contribution in [0.2, 0.25) is 0 Å². The molecular weight excluding hydrogens is 721 g/mol. The number of ether oxygens (including phenoxy) is 1. The highest BCUT2D eigenvalue weighted by Crippen LogP contribution is 2.28. The molecular formula is C50H62N4O4. The molecule has 0 spiro atoms. The summed E-state index contributed by atoms with van der Waals surface area (Å²) in [5.41, 5.74) is 6.71. The van der Waals surface area contributed by atoms with E-state index in [1.165, 1.54) is 44.1 Å². The SMILES string of the molecule is O=C(Nc1ccccc1-c1ccccc1)NC1CCN(CCCCCCCCCN(Cc2ccccc2)CC(O)c2ccc(OCc3ccccc3)c(CO)c2)CC1. The first-order valence-corrected chi connectivity index (χ1v) is 21.3. The van der Waals surface area contributed by atoms with Gasteiger partial charge in [0.25, 0.3) is 0 Å². The molecule has 1 saturated heterocycles. The van der Waals surface area contributed by atoms with Crippen LogP contribution in [0.1, 0.15) is 86.1 Å².